The van der Waals surface area contributed by atoms with E-state index >= 15 is 0 Å². The summed E-state index contributed by atoms with van der Waals surface area (Å²) in [6.07, 6.45) is -1.58. The van der Waals surface area contributed by atoms with Crippen LogP contribution in [0.1, 0.15) is 13.2 Å². The van der Waals surface area contributed by atoms with Gasteiger partial charge in [0, 0.05) is 0 Å². The van der Waals surface area contributed by atoms with Crippen molar-refractivity contribution in [3.8, 4) is 0 Å². The van der Waals surface area contributed by atoms with E-state index in [9.17, 15) is 28.6 Å². The fraction of sp³-hybridized carbons (Fsp3) is 0.545. The largest absolute Gasteiger partial charge is 0.490 e. The molecule has 0 bridgehead atoms. The topological polar surface area (TPSA) is 259 Å². The minimum absolute atomic E-state index is 0.0766. The first kappa shape index (κ1) is 25.6. The Bertz CT molecular complexity index is 1150. The zero-order valence-electron chi connectivity index (χ0n) is 15.8. The van der Waals surface area contributed by atoms with E-state index in [1.54, 1.807) is 0 Å². The van der Waals surface area contributed by atoms with E-state index in [2.05, 4.69) is 28.1 Å². The van der Waals surface area contributed by atoms with Crippen LogP contribution in [0.5, 0.6) is 0 Å². The zero-order valence-corrected chi connectivity index (χ0v) is 19.2. The molecular weight excluding hydrogens is 523 g/mol. The van der Waals surface area contributed by atoms with E-state index in [1.165, 1.54) is 24.1 Å². The van der Waals surface area contributed by atoms with Crippen molar-refractivity contribution < 1.29 is 56.3 Å². The predicted molar refractivity (Wildman–Crippen MR) is 104 cm³/mol. The summed E-state index contributed by atoms with van der Waals surface area (Å²) in [5.41, 5.74) is 6.18. The van der Waals surface area contributed by atoms with E-state index in [4.69, 9.17) is 31.9 Å². The first-order valence-corrected chi connectivity index (χ1v) is 13.2. The van der Waals surface area contributed by atoms with Gasteiger partial charge in [-0.1, -0.05) is 0 Å². The van der Waals surface area contributed by atoms with Crippen molar-refractivity contribution in [1.29, 1.82) is 0 Å². The molecule has 2 aromatic heterocycles. The molecule has 21 heteroatoms. The molecule has 7 N–H and O–H groups in total. The molecule has 1 saturated heterocycles. The maximum atomic E-state index is 11.9. The molecule has 2 unspecified atom stereocenters. The van der Waals surface area contributed by atoms with Crippen molar-refractivity contribution in [1.82, 2.24) is 19.5 Å². The third-order valence-corrected chi connectivity index (χ3v) is 8.39. The second-order valence-corrected chi connectivity index (χ2v) is 11.8. The van der Waals surface area contributed by atoms with Crippen molar-refractivity contribution >= 4 is 52.1 Å². The molecule has 1 aliphatic heterocycles. The van der Waals surface area contributed by atoms with E-state index in [-0.39, 0.29) is 17.0 Å². The van der Waals surface area contributed by atoms with Crippen LogP contribution >= 0.6 is 35.1 Å². The average molecular weight is 540 g/mol. The first-order chi connectivity index (χ1) is 14.5. The monoisotopic (exact) mass is 539 g/mol. The van der Waals surface area contributed by atoms with Gasteiger partial charge in [-0.3, -0.25) is 9.09 Å². The maximum absolute atomic E-state index is 11.9. The molecule has 6 atom stereocenters. The zero-order chi connectivity index (χ0) is 24.1. The Morgan fingerprint density at radius 3 is 2.47 bits per heavy atom. The normalized spacial score (nSPS) is 30.3. The van der Waals surface area contributed by atoms with Crippen LogP contribution < -0.4 is 5.73 Å². The summed E-state index contributed by atoms with van der Waals surface area (Å²) in [5, 5.41) is 10.5. The van der Waals surface area contributed by atoms with Gasteiger partial charge in [0.05, 0.1) is 12.9 Å². The van der Waals surface area contributed by atoms with Gasteiger partial charge in [0.1, 0.15) is 28.9 Å². The van der Waals surface area contributed by atoms with E-state index < -0.39 is 53.4 Å². The van der Waals surface area contributed by atoms with Crippen LogP contribution in [-0.2, 0) is 31.6 Å². The summed E-state index contributed by atoms with van der Waals surface area (Å²) < 4.78 is 52.6. The van der Waals surface area contributed by atoms with Gasteiger partial charge in [-0.05, 0) is 6.92 Å². The highest BCUT2D eigenvalue weighted by molar-refractivity contribution is 7.66. The molecule has 32 heavy (non-hydrogen) atoms. The van der Waals surface area contributed by atoms with Crippen molar-refractivity contribution in [3.63, 3.8) is 0 Å². The van der Waals surface area contributed by atoms with Gasteiger partial charge in [0.15, 0.2) is 17.7 Å². The van der Waals surface area contributed by atoms with Gasteiger partial charge in [-0.2, -0.15) is 8.62 Å². The van der Waals surface area contributed by atoms with Crippen molar-refractivity contribution in [2.75, 3.05) is 12.3 Å². The van der Waals surface area contributed by atoms with Crippen LogP contribution in [0.15, 0.2) is 12.7 Å². The van der Waals surface area contributed by atoms with Gasteiger partial charge in [0.25, 0.3) is 0 Å². The van der Waals surface area contributed by atoms with Gasteiger partial charge in [-0.15, -0.1) is 11.6 Å². The van der Waals surface area contributed by atoms with Crippen LogP contribution in [0.3, 0.4) is 0 Å². The molecule has 0 saturated carbocycles. The summed E-state index contributed by atoms with van der Waals surface area (Å²) in [5.74, 6) is 0.0766. The number of anilines is 1. The van der Waals surface area contributed by atoms with Crippen LogP contribution in [0.2, 0.25) is 0 Å². The summed E-state index contributed by atoms with van der Waals surface area (Å²) in [7, 11) is -16.6. The second-order valence-electron chi connectivity index (χ2n) is 6.59. The van der Waals surface area contributed by atoms with Crippen LogP contribution in [0.25, 0.3) is 11.2 Å². The summed E-state index contributed by atoms with van der Waals surface area (Å²) in [6.45, 7) is 0.499. The molecule has 0 radical (unpaired) electrons. The van der Waals surface area contributed by atoms with E-state index in [0.717, 1.165) is 0 Å². The van der Waals surface area contributed by atoms with Crippen LogP contribution in [0, 0.1) is 0 Å². The Balaban J connectivity index is 1.74. The lowest BCUT2D eigenvalue weighted by atomic mass is 10.0. The maximum Gasteiger partial charge on any atom is 0.490 e. The number of aromatic nitrogens is 4. The highest BCUT2D eigenvalue weighted by atomic mass is 35.5. The average Bonchev–Trinajstić information content (AvgIpc) is 3.11. The standard InChI is InChI=1S/C11H17ClN5O12P3/c1-11(12)7(18)5(2-26-31(22,23)29-32(24,25)28-30(19,20)21)27-10(11)17-4-16-6-8(13)14-3-15-9(6)17/h3-5,7,10,18H,2H2,1H3,(H,22,23)(H,24,25)(H2,13,14,15)(H2,19,20,21)/t5-,7-,10-,11-/m1/s1. The van der Waals surface area contributed by atoms with Gasteiger partial charge in [-0.25, -0.2) is 28.6 Å². The number of hydrogen-bond acceptors (Lipinski definition) is 12. The van der Waals surface area contributed by atoms with E-state index in [1.807, 2.05) is 0 Å². The molecule has 0 spiro atoms. The third-order valence-electron chi connectivity index (χ3n) is 4.17. The van der Waals surface area contributed by atoms with Crippen molar-refractivity contribution in [3.05, 3.63) is 12.7 Å². The third kappa shape index (κ3) is 5.54. The SMILES string of the molecule is C[C@@]1(Cl)[C@H](O)[C@@H](COP(=O)(O)OP(=O)(O)OP(=O)(O)O)O[C@H]1n1cnc2c(N)ncnc21. The Morgan fingerprint density at radius 1 is 1.19 bits per heavy atom. The number of fused-ring (bicyclic) bond motifs is 1. The lowest BCUT2D eigenvalue weighted by Gasteiger charge is -2.26. The Morgan fingerprint density at radius 2 is 1.84 bits per heavy atom. The molecule has 3 rings (SSSR count). The van der Waals surface area contributed by atoms with Gasteiger partial charge >= 0.3 is 23.5 Å². The molecule has 2 aromatic rings. The highest BCUT2D eigenvalue weighted by Gasteiger charge is 2.54. The number of ether oxygens (including phenoxy) is 1. The Kier molecular flexibility index (Phi) is 6.91. The second kappa shape index (κ2) is 8.64. The van der Waals surface area contributed by atoms with Gasteiger partial charge < -0.3 is 35.2 Å². The fourth-order valence-corrected chi connectivity index (χ4v) is 6.19. The number of nitrogen functional groups attached to an aromatic ring is 1. The summed E-state index contributed by atoms with van der Waals surface area (Å²) in [4.78, 5) is 46.1. The number of halogens is 1. The quantitative estimate of drug-likeness (QED) is 0.190. The predicted octanol–water partition coefficient (Wildman–Crippen LogP) is 0.00760. The molecule has 17 nitrogen and oxygen atoms in total. The molecule has 0 aromatic carbocycles. The number of aliphatic hydroxyl groups is 1. The molecule has 0 aliphatic carbocycles. The van der Waals surface area contributed by atoms with Crippen molar-refractivity contribution in [2.24, 2.45) is 0 Å². The molecular formula is C11H17ClN5O12P3. The number of imidazole rings is 1. The smallest absolute Gasteiger partial charge is 0.388 e. The minimum Gasteiger partial charge on any atom is -0.388 e. The number of rotatable bonds is 8. The summed E-state index contributed by atoms with van der Waals surface area (Å²) >= 11 is 6.43. The number of phosphoric acid groups is 3. The molecule has 1 fully saturated rings. The highest BCUT2D eigenvalue weighted by Crippen LogP contribution is 2.66. The van der Waals surface area contributed by atoms with Gasteiger partial charge in [0.2, 0.25) is 0 Å². The Hall–Kier alpha value is -1.03. The number of hydrogen-bond donors (Lipinski definition) is 6. The first-order valence-electron chi connectivity index (χ1n) is 8.26. The number of alkyl halides is 1. The van der Waals surface area contributed by atoms with Crippen molar-refractivity contribution in [2.45, 2.75) is 30.2 Å². The number of phosphoric ester groups is 1. The number of nitrogens with zero attached hydrogens (tertiary/aromatic N) is 4. The molecule has 3 heterocycles. The molecule has 1 aliphatic rings. The lowest BCUT2D eigenvalue weighted by Crippen LogP contribution is -2.39. The minimum atomic E-state index is -5.69. The lowest BCUT2D eigenvalue weighted by molar-refractivity contribution is -0.0432. The fourth-order valence-electron chi connectivity index (χ4n) is 2.86. The van der Waals surface area contributed by atoms with E-state index in [0.29, 0.717) is 0 Å². The number of aliphatic hydroxyl groups excluding tert-OH is 1. The van der Waals surface area contributed by atoms with Crippen LogP contribution in [0.4, 0.5) is 5.82 Å². The van der Waals surface area contributed by atoms with Crippen LogP contribution in [-0.4, -0.2) is 67.9 Å². The summed E-state index contributed by atoms with van der Waals surface area (Å²) in [6, 6.07) is 0. The molecule has 180 valence electrons. The number of nitrogens with two attached hydrogens (primary N) is 1. The Labute approximate surface area is 183 Å². The molecule has 0 amide bonds.